The molecule has 3 N–H and O–H groups in total. The van der Waals surface area contributed by atoms with Crippen molar-refractivity contribution in [3.05, 3.63) is 0 Å². The van der Waals surface area contributed by atoms with Crippen molar-refractivity contribution in [2.75, 3.05) is 6.54 Å². The Balaban J connectivity index is 3.86. The van der Waals surface area contributed by atoms with E-state index in [1.165, 1.54) is 0 Å². The summed E-state index contributed by atoms with van der Waals surface area (Å²) in [6, 6.07) is -0.980. The Bertz CT molecular complexity index is 203. The molecule has 5 nitrogen and oxygen atoms in total. The zero-order valence-corrected chi connectivity index (χ0v) is 8.49. The van der Waals surface area contributed by atoms with Crippen molar-refractivity contribution in [2.24, 2.45) is 5.92 Å². The first-order valence-electron chi connectivity index (χ1n) is 4.61. The van der Waals surface area contributed by atoms with Crippen molar-refractivity contribution in [2.45, 2.75) is 32.7 Å². The molecule has 0 amide bonds. The topological polar surface area (TPSA) is 86.6 Å². The van der Waals surface area contributed by atoms with Gasteiger partial charge in [0.15, 0.2) is 0 Å². The van der Waals surface area contributed by atoms with E-state index in [0.29, 0.717) is 12.5 Å². The minimum Gasteiger partial charge on any atom is -0.481 e. The number of aliphatic carboxylic acids is 2. The molecule has 5 heteroatoms. The van der Waals surface area contributed by atoms with Gasteiger partial charge in [0.2, 0.25) is 0 Å². The van der Waals surface area contributed by atoms with Crippen molar-refractivity contribution >= 4 is 11.9 Å². The smallest absolute Gasteiger partial charge is 0.321 e. The third kappa shape index (κ3) is 6.42. The van der Waals surface area contributed by atoms with Crippen LogP contribution in [-0.2, 0) is 9.59 Å². The maximum atomic E-state index is 10.6. The van der Waals surface area contributed by atoms with Gasteiger partial charge in [-0.25, -0.2) is 0 Å². The SMILES string of the molecule is CC(C)CCNC(CC(=O)O)C(=O)O. The molecule has 0 saturated carbocycles. The van der Waals surface area contributed by atoms with Gasteiger partial charge in [-0.3, -0.25) is 9.59 Å². The number of hydrogen-bond acceptors (Lipinski definition) is 3. The number of carbonyl (C=O) groups is 2. The molecule has 0 aliphatic heterocycles. The Morgan fingerprint density at radius 2 is 1.86 bits per heavy atom. The third-order valence-corrected chi connectivity index (χ3v) is 1.79. The predicted molar refractivity (Wildman–Crippen MR) is 51.1 cm³/mol. The molecule has 0 radical (unpaired) electrons. The van der Waals surface area contributed by atoms with Crippen molar-refractivity contribution in [3.63, 3.8) is 0 Å². The lowest BCUT2D eigenvalue weighted by atomic mass is 10.1. The number of rotatable bonds is 7. The molecule has 0 spiro atoms. The summed E-state index contributed by atoms with van der Waals surface area (Å²) in [5.41, 5.74) is 0. The Morgan fingerprint density at radius 1 is 1.29 bits per heavy atom. The summed E-state index contributed by atoms with van der Waals surface area (Å²) in [6.45, 7) is 4.57. The summed E-state index contributed by atoms with van der Waals surface area (Å²) in [5, 5.41) is 19.8. The van der Waals surface area contributed by atoms with Gasteiger partial charge in [0, 0.05) is 0 Å². The normalized spacial score (nSPS) is 12.8. The van der Waals surface area contributed by atoms with E-state index in [2.05, 4.69) is 5.32 Å². The molecule has 0 bridgehead atoms. The van der Waals surface area contributed by atoms with Crippen molar-refractivity contribution < 1.29 is 19.8 Å². The van der Waals surface area contributed by atoms with Crippen molar-refractivity contribution in [1.29, 1.82) is 0 Å². The highest BCUT2D eigenvalue weighted by Gasteiger charge is 2.19. The van der Waals surface area contributed by atoms with Gasteiger partial charge in [0.05, 0.1) is 6.42 Å². The van der Waals surface area contributed by atoms with Gasteiger partial charge in [0.25, 0.3) is 0 Å². The van der Waals surface area contributed by atoms with Crippen LogP contribution in [0.25, 0.3) is 0 Å². The van der Waals surface area contributed by atoms with Gasteiger partial charge in [-0.2, -0.15) is 0 Å². The summed E-state index contributed by atoms with van der Waals surface area (Å²) >= 11 is 0. The van der Waals surface area contributed by atoms with Gasteiger partial charge >= 0.3 is 11.9 Å². The molecule has 82 valence electrons. The van der Waals surface area contributed by atoms with Crippen LogP contribution in [0.15, 0.2) is 0 Å². The summed E-state index contributed by atoms with van der Waals surface area (Å²) < 4.78 is 0. The monoisotopic (exact) mass is 203 g/mol. The standard InChI is InChI=1S/C9H17NO4/c1-6(2)3-4-10-7(9(13)14)5-8(11)12/h6-7,10H,3-5H2,1-2H3,(H,11,12)(H,13,14). The molecule has 0 aliphatic rings. The zero-order chi connectivity index (χ0) is 11.1. The first-order valence-corrected chi connectivity index (χ1v) is 4.61. The highest BCUT2D eigenvalue weighted by atomic mass is 16.4. The van der Waals surface area contributed by atoms with Gasteiger partial charge < -0.3 is 15.5 Å². The lowest BCUT2D eigenvalue weighted by Gasteiger charge is -2.12. The fourth-order valence-electron chi connectivity index (χ4n) is 0.968. The number of nitrogens with one attached hydrogen (secondary N) is 1. The summed E-state index contributed by atoms with van der Waals surface area (Å²) in [4.78, 5) is 20.9. The van der Waals surface area contributed by atoms with E-state index >= 15 is 0 Å². The van der Waals surface area contributed by atoms with Crippen molar-refractivity contribution in [1.82, 2.24) is 5.32 Å². The number of carboxylic acids is 2. The van der Waals surface area contributed by atoms with Crippen LogP contribution >= 0.6 is 0 Å². The fraction of sp³-hybridized carbons (Fsp3) is 0.778. The Morgan fingerprint density at radius 3 is 2.21 bits per heavy atom. The second kappa shape index (κ2) is 6.37. The van der Waals surface area contributed by atoms with Crippen LogP contribution in [0.3, 0.4) is 0 Å². The van der Waals surface area contributed by atoms with Crippen LogP contribution in [0.2, 0.25) is 0 Å². The quantitative estimate of drug-likeness (QED) is 0.562. The molecular weight excluding hydrogens is 186 g/mol. The minimum absolute atomic E-state index is 0.382. The number of carboxylic acid groups (broad SMARTS) is 2. The van der Waals surface area contributed by atoms with Crippen LogP contribution in [0, 0.1) is 5.92 Å². The average Bonchev–Trinajstić information content (AvgIpc) is 2.00. The Labute approximate surface area is 83.1 Å². The van der Waals surface area contributed by atoms with Gasteiger partial charge in [-0.15, -0.1) is 0 Å². The number of hydrogen-bond donors (Lipinski definition) is 3. The van der Waals surface area contributed by atoms with Crippen molar-refractivity contribution in [3.8, 4) is 0 Å². The van der Waals surface area contributed by atoms with E-state index in [4.69, 9.17) is 10.2 Å². The molecule has 0 aromatic carbocycles. The maximum Gasteiger partial charge on any atom is 0.321 e. The van der Waals surface area contributed by atoms with E-state index in [9.17, 15) is 9.59 Å². The first-order chi connectivity index (χ1) is 6.43. The van der Waals surface area contributed by atoms with E-state index < -0.39 is 18.0 Å². The van der Waals surface area contributed by atoms with Crippen LogP contribution in [0.5, 0.6) is 0 Å². The molecule has 0 aliphatic carbocycles. The molecule has 0 saturated heterocycles. The van der Waals surface area contributed by atoms with E-state index in [1.807, 2.05) is 13.8 Å². The van der Waals surface area contributed by atoms with Gasteiger partial charge in [-0.1, -0.05) is 13.8 Å². The highest BCUT2D eigenvalue weighted by Crippen LogP contribution is 1.99. The zero-order valence-electron chi connectivity index (χ0n) is 8.49. The molecule has 0 rings (SSSR count). The molecule has 0 heterocycles. The molecule has 14 heavy (non-hydrogen) atoms. The minimum atomic E-state index is -1.11. The summed E-state index contributed by atoms with van der Waals surface area (Å²) in [5.74, 6) is -1.74. The van der Waals surface area contributed by atoms with Crippen LogP contribution in [-0.4, -0.2) is 34.7 Å². The second-order valence-corrected chi connectivity index (χ2v) is 3.63. The predicted octanol–water partition coefficient (Wildman–Crippen LogP) is 0.550. The highest BCUT2D eigenvalue weighted by molar-refractivity contribution is 5.80. The van der Waals surface area contributed by atoms with E-state index in [-0.39, 0.29) is 6.42 Å². The van der Waals surface area contributed by atoms with Crippen LogP contribution in [0.4, 0.5) is 0 Å². The Kier molecular flexibility index (Phi) is 5.87. The van der Waals surface area contributed by atoms with Gasteiger partial charge in [0.1, 0.15) is 6.04 Å². The van der Waals surface area contributed by atoms with Crippen LogP contribution < -0.4 is 5.32 Å². The largest absolute Gasteiger partial charge is 0.481 e. The molecule has 0 aromatic heterocycles. The van der Waals surface area contributed by atoms with Crippen LogP contribution in [0.1, 0.15) is 26.7 Å². The molecule has 1 atom stereocenters. The average molecular weight is 203 g/mol. The molecular formula is C9H17NO4. The molecule has 1 unspecified atom stereocenters. The fourth-order valence-corrected chi connectivity index (χ4v) is 0.968. The molecule has 0 aromatic rings. The second-order valence-electron chi connectivity index (χ2n) is 3.63. The van der Waals surface area contributed by atoms with E-state index in [0.717, 1.165) is 6.42 Å². The lowest BCUT2D eigenvalue weighted by molar-refractivity contribution is -0.145. The lowest BCUT2D eigenvalue weighted by Crippen LogP contribution is -2.39. The molecule has 0 fully saturated rings. The Hall–Kier alpha value is -1.10. The van der Waals surface area contributed by atoms with Gasteiger partial charge in [-0.05, 0) is 18.9 Å². The first kappa shape index (κ1) is 12.9. The summed E-state index contributed by atoms with van der Waals surface area (Å²) in [6.07, 6.45) is 0.455. The summed E-state index contributed by atoms with van der Waals surface area (Å²) in [7, 11) is 0. The third-order valence-electron chi connectivity index (χ3n) is 1.79. The van der Waals surface area contributed by atoms with E-state index in [1.54, 1.807) is 0 Å². The maximum absolute atomic E-state index is 10.6.